The number of nitriles is 1. The van der Waals surface area contributed by atoms with Gasteiger partial charge in [-0.25, -0.2) is 0 Å². The van der Waals surface area contributed by atoms with E-state index in [1.54, 1.807) is 0 Å². The highest BCUT2D eigenvalue weighted by atomic mass is 16.1. The molecule has 0 aliphatic heterocycles. The lowest BCUT2D eigenvalue weighted by Crippen LogP contribution is -2.52. The molecule has 2 rings (SSSR count). The molecule has 2 N–H and O–H groups in total. The number of amides is 1. The first-order valence-electron chi connectivity index (χ1n) is 7.27. The molecule has 1 amide bonds. The quantitative estimate of drug-likeness (QED) is 0.744. The summed E-state index contributed by atoms with van der Waals surface area (Å²) in [6, 6.07) is 2.44. The Morgan fingerprint density at radius 1 is 1.42 bits per heavy atom. The third-order valence-corrected chi connectivity index (χ3v) is 5.30. The van der Waals surface area contributed by atoms with Crippen molar-refractivity contribution in [1.82, 2.24) is 10.6 Å². The Kier molecular flexibility index (Phi) is 3.87. The normalized spacial score (nSPS) is 35.1. The van der Waals surface area contributed by atoms with Gasteiger partial charge in [0, 0.05) is 12.6 Å². The van der Waals surface area contributed by atoms with Crippen LogP contribution in [0.2, 0.25) is 0 Å². The minimum atomic E-state index is -0.00239. The van der Waals surface area contributed by atoms with E-state index >= 15 is 0 Å². The van der Waals surface area contributed by atoms with Crippen LogP contribution in [-0.4, -0.2) is 25.0 Å². The number of nitrogens with one attached hydrogen (secondary N) is 2. The van der Waals surface area contributed by atoms with E-state index in [0.29, 0.717) is 31.0 Å². The van der Waals surface area contributed by atoms with Gasteiger partial charge in [-0.2, -0.15) is 5.26 Å². The van der Waals surface area contributed by atoms with Gasteiger partial charge in [0.15, 0.2) is 0 Å². The summed E-state index contributed by atoms with van der Waals surface area (Å²) in [6.07, 6.45) is 4.26. The zero-order chi connectivity index (χ0) is 14.1. The van der Waals surface area contributed by atoms with Crippen molar-refractivity contribution in [2.75, 3.05) is 13.1 Å². The topological polar surface area (TPSA) is 64.9 Å². The molecule has 0 aromatic rings. The predicted molar refractivity (Wildman–Crippen MR) is 74.3 cm³/mol. The monoisotopic (exact) mass is 263 g/mol. The van der Waals surface area contributed by atoms with Crippen molar-refractivity contribution in [3.05, 3.63) is 0 Å². The molecule has 2 saturated carbocycles. The Morgan fingerprint density at radius 3 is 2.74 bits per heavy atom. The van der Waals surface area contributed by atoms with E-state index in [2.05, 4.69) is 31.4 Å². The Labute approximate surface area is 115 Å². The highest BCUT2D eigenvalue weighted by Gasteiger charge is 2.58. The second-order valence-electron chi connectivity index (χ2n) is 6.99. The van der Waals surface area contributed by atoms with Gasteiger partial charge in [0.1, 0.15) is 0 Å². The summed E-state index contributed by atoms with van der Waals surface area (Å²) >= 11 is 0. The number of nitrogens with zero attached hydrogens (tertiary/aromatic N) is 1. The third kappa shape index (κ3) is 2.62. The molecule has 2 fully saturated rings. The second kappa shape index (κ2) is 5.13. The minimum Gasteiger partial charge on any atom is -0.354 e. The highest BCUT2D eigenvalue weighted by molar-refractivity contribution is 5.78. The van der Waals surface area contributed by atoms with Crippen molar-refractivity contribution in [2.24, 2.45) is 16.7 Å². The van der Waals surface area contributed by atoms with Crippen molar-refractivity contribution in [3.63, 3.8) is 0 Å². The highest BCUT2D eigenvalue weighted by Crippen LogP contribution is 2.62. The van der Waals surface area contributed by atoms with Crippen molar-refractivity contribution >= 4 is 5.91 Å². The largest absolute Gasteiger partial charge is 0.354 e. The van der Waals surface area contributed by atoms with E-state index in [1.165, 1.54) is 19.3 Å². The molecule has 4 heteroatoms. The summed E-state index contributed by atoms with van der Waals surface area (Å²) in [6.45, 7) is 7.82. The molecule has 106 valence electrons. The number of carbonyl (C=O) groups excluding carboxylic acids is 1. The molecule has 3 unspecified atom stereocenters. The minimum absolute atomic E-state index is 0.00239. The van der Waals surface area contributed by atoms with E-state index in [-0.39, 0.29) is 11.3 Å². The Hall–Kier alpha value is -1.08. The Morgan fingerprint density at radius 2 is 2.16 bits per heavy atom. The van der Waals surface area contributed by atoms with E-state index in [4.69, 9.17) is 5.26 Å². The summed E-state index contributed by atoms with van der Waals surface area (Å²) in [4.78, 5) is 11.7. The predicted octanol–water partition coefficient (Wildman–Crippen LogP) is 1.82. The average molecular weight is 263 g/mol. The Bertz CT molecular complexity index is 394. The first kappa shape index (κ1) is 14.3. The van der Waals surface area contributed by atoms with Crippen LogP contribution in [0.15, 0.2) is 0 Å². The molecule has 2 aliphatic carbocycles. The Balaban J connectivity index is 1.86. The van der Waals surface area contributed by atoms with Crippen molar-refractivity contribution in [2.45, 2.75) is 52.5 Å². The fourth-order valence-corrected chi connectivity index (χ4v) is 4.33. The van der Waals surface area contributed by atoms with Crippen molar-refractivity contribution < 1.29 is 4.79 Å². The van der Waals surface area contributed by atoms with E-state index < -0.39 is 0 Å². The molecule has 0 radical (unpaired) electrons. The van der Waals surface area contributed by atoms with E-state index in [0.717, 1.165) is 5.92 Å². The maximum absolute atomic E-state index is 11.7. The van der Waals surface area contributed by atoms with Gasteiger partial charge in [-0.05, 0) is 36.0 Å². The van der Waals surface area contributed by atoms with Crippen LogP contribution in [0.4, 0.5) is 0 Å². The number of carbonyl (C=O) groups is 1. The maximum atomic E-state index is 11.7. The molecule has 3 atom stereocenters. The number of rotatable bonds is 5. The standard InChI is InChI=1S/C15H25N3O/c1-14(2)11-5-6-15(3,9-11)13(14)18-10-12(19)17-8-4-7-16/h11,13,18H,4-6,8-10H2,1-3H3,(H,17,19). The third-order valence-electron chi connectivity index (χ3n) is 5.30. The molecule has 0 aromatic carbocycles. The summed E-state index contributed by atoms with van der Waals surface area (Å²) in [5, 5.41) is 14.7. The maximum Gasteiger partial charge on any atom is 0.233 e. The molecule has 0 heterocycles. The van der Waals surface area contributed by atoms with Crippen LogP contribution in [0.3, 0.4) is 0 Å². The van der Waals surface area contributed by atoms with Crippen LogP contribution in [0.1, 0.15) is 46.5 Å². The summed E-state index contributed by atoms with van der Waals surface area (Å²) < 4.78 is 0. The summed E-state index contributed by atoms with van der Waals surface area (Å²) in [5.74, 6) is 0.786. The van der Waals surface area contributed by atoms with E-state index in [9.17, 15) is 4.79 Å². The average Bonchev–Trinajstić information content (AvgIpc) is 2.80. The molecule has 0 saturated heterocycles. The van der Waals surface area contributed by atoms with Crippen LogP contribution >= 0.6 is 0 Å². The molecule has 2 aliphatic rings. The molecule has 0 spiro atoms. The number of hydrogen-bond acceptors (Lipinski definition) is 3. The zero-order valence-electron chi connectivity index (χ0n) is 12.3. The lowest BCUT2D eigenvalue weighted by molar-refractivity contribution is -0.120. The smallest absolute Gasteiger partial charge is 0.233 e. The first-order valence-corrected chi connectivity index (χ1v) is 7.27. The molecule has 0 aromatic heterocycles. The number of hydrogen-bond donors (Lipinski definition) is 2. The fourth-order valence-electron chi connectivity index (χ4n) is 4.33. The number of fused-ring (bicyclic) bond motifs is 2. The molecule has 4 nitrogen and oxygen atoms in total. The zero-order valence-corrected chi connectivity index (χ0v) is 12.3. The first-order chi connectivity index (χ1) is 8.90. The lowest BCUT2D eigenvalue weighted by atomic mass is 9.68. The summed E-state index contributed by atoms with van der Waals surface area (Å²) in [5.41, 5.74) is 0.626. The van der Waals surface area contributed by atoms with Gasteiger partial charge in [-0.1, -0.05) is 20.8 Å². The van der Waals surface area contributed by atoms with Crippen LogP contribution in [0, 0.1) is 28.1 Å². The van der Waals surface area contributed by atoms with Gasteiger partial charge >= 0.3 is 0 Å². The van der Waals surface area contributed by atoms with Gasteiger partial charge in [-0.15, -0.1) is 0 Å². The van der Waals surface area contributed by atoms with Crippen molar-refractivity contribution in [1.29, 1.82) is 5.26 Å². The molecular weight excluding hydrogens is 238 g/mol. The van der Waals surface area contributed by atoms with Crippen LogP contribution in [-0.2, 0) is 4.79 Å². The van der Waals surface area contributed by atoms with Crippen LogP contribution < -0.4 is 10.6 Å². The van der Waals surface area contributed by atoms with Crippen LogP contribution in [0.5, 0.6) is 0 Å². The molecular formula is C15H25N3O. The van der Waals surface area contributed by atoms with Gasteiger partial charge in [-0.3, -0.25) is 4.79 Å². The summed E-state index contributed by atoms with van der Waals surface area (Å²) in [7, 11) is 0. The molecule has 19 heavy (non-hydrogen) atoms. The van der Waals surface area contributed by atoms with Gasteiger partial charge < -0.3 is 10.6 Å². The molecule has 2 bridgehead atoms. The van der Waals surface area contributed by atoms with Gasteiger partial charge in [0.2, 0.25) is 5.91 Å². The fraction of sp³-hybridized carbons (Fsp3) is 0.867. The van der Waals surface area contributed by atoms with Gasteiger partial charge in [0.25, 0.3) is 0 Å². The van der Waals surface area contributed by atoms with E-state index in [1.807, 2.05) is 6.07 Å². The SMILES string of the molecule is CC12CCC(C1)C(C)(C)C2NCC(=O)NCCC#N. The van der Waals surface area contributed by atoms with Crippen molar-refractivity contribution in [3.8, 4) is 6.07 Å². The second-order valence-corrected chi connectivity index (χ2v) is 6.99. The van der Waals surface area contributed by atoms with Gasteiger partial charge in [0.05, 0.1) is 19.0 Å². The lowest BCUT2D eigenvalue weighted by Gasteiger charge is -2.43. The van der Waals surface area contributed by atoms with Crippen LogP contribution in [0.25, 0.3) is 0 Å².